The number of hydrogen-bond donors (Lipinski definition) is 1. The standard InChI is InChI=1S/C22H28N2O2S/c1-26-21-12-6-5-11-19(21)20(24-14-7-8-15-24)17-23-22(25)13-16-27-18-9-3-2-4-10-18/h2-6,9-12,20H,7-8,13-17H2,1H3,(H,23,25). The Morgan fingerprint density at radius 2 is 1.81 bits per heavy atom. The van der Waals surface area contributed by atoms with E-state index >= 15 is 0 Å². The van der Waals surface area contributed by atoms with Crippen LogP contribution in [0.3, 0.4) is 0 Å². The van der Waals surface area contributed by atoms with Gasteiger partial charge in [0.05, 0.1) is 13.2 Å². The smallest absolute Gasteiger partial charge is 0.220 e. The van der Waals surface area contributed by atoms with Gasteiger partial charge in [0.1, 0.15) is 5.75 Å². The van der Waals surface area contributed by atoms with Gasteiger partial charge in [0, 0.05) is 29.2 Å². The number of nitrogens with zero attached hydrogens (tertiary/aromatic N) is 1. The van der Waals surface area contributed by atoms with Gasteiger partial charge >= 0.3 is 0 Å². The van der Waals surface area contributed by atoms with Crippen molar-refractivity contribution in [3.63, 3.8) is 0 Å². The average Bonchev–Trinajstić information content (AvgIpc) is 3.24. The second-order valence-corrected chi connectivity index (χ2v) is 7.88. The molecule has 4 nitrogen and oxygen atoms in total. The topological polar surface area (TPSA) is 41.6 Å². The Labute approximate surface area is 166 Å². The fraction of sp³-hybridized carbons (Fsp3) is 0.409. The summed E-state index contributed by atoms with van der Waals surface area (Å²) in [5.74, 6) is 1.79. The number of hydrogen-bond acceptors (Lipinski definition) is 4. The first-order chi connectivity index (χ1) is 13.3. The van der Waals surface area contributed by atoms with Crippen LogP contribution >= 0.6 is 11.8 Å². The number of carbonyl (C=O) groups excluding carboxylic acids is 1. The third kappa shape index (κ3) is 5.75. The Hall–Kier alpha value is -1.98. The van der Waals surface area contributed by atoms with Crippen molar-refractivity contribution in [2.45, 2.75) is 30.2 Å². The van der Waals surface area contributed by atoms with Gasteiger partial charge in [0.15, 0.2) is 0 Å². The number of nitrogens with one attached hydrogen (secondary N) is 1. The highest BCUT2D eigenvalue weighted by atomic mass is 32.2. The number of thioether (sulfide) groups is 1. The molecule has 1 unspecified atom stereocenters. The van der Waals surface area contributed by atoms with Gasteiger partial charge in [-0.25, -0.2) is 0 Å². The lowest BCUT2D eigenvalue weighted by Crippen LogP contribution is -2.37. The van der Waals surface area contributed by atoms with Crippen molar-refractivity contribution in [1.82, 2.24) is 10.2 Å². The zero-order chi connectivity index (χ0) is 18.9. The summed E-state index contributed by atoms with van der Waals surface area (Å²) >= 11 is 1.72. The molecular weight excluding hydrogens is 356 g/mol. The molecule has 1 aliphatic rings. The van der Waals surface area contributed by atoms with Crippen molar-refractivity contribution < 1.29 is 9.53 Å². The van der Waals surface area contributed by atoms with Gasteiger partial charge in [-0.2, -0.15) is 0 Å². The molecule has 1 fully saturated rings. The molecule has 1 saturated heterocycles. The summed E-state index contributed by atoms with van der Waals surface area (Å²) in [6.45, 7) is 2.76. The van der Waals surface area contributed by atoms with Crippen LogP contribution in [0, 0.1) is 0 Å². The molecule has 0 aliphatic carbocycles. The Kier molecular flexibility index (Phi) is 7.60. The molecule has 0 radical (unpaired) electrons. The van der Waals surface area contributed by atoms with E-state index in [4.69, 9.17) is 4.74 Å². The van der Waals surface area contributed by atoms with E-state index in [1.807, 2.05) is 36.4 Å². The summed E-state index contributed by atoms with van der Waals surface area (Å²) in [6, 6.07) is 18.5. The predicted octanol–water partition coefficient (Wildman–Crippen LogP) is 4.13. The number of amides is 1. The largest absolute Gasteiger partial charge is 0.496 e. The van der Waals surface area contributed by atoms with E-state index < -0.39 is 0 Å². The first kappa shape index (κ1) is 19.8. The second kappa shape index (κ2) is 10.4. The third-order valence-corrected chi connectivity index (χ3v) is 5.93. The van der Waals surface area contributed by atoms with Crippen molar-refractivity contribution in [3.05, 3.63) is 60.2 Å². The van der Waals surface area contributed by atoms with Crippen LogP contribution in [-0.2, 0) is 4.79 Å². The molecule has 1 aliphatic heterocycles. The Morgan fingerprint density at radius 1 is 1.11 bits per heavy atom. The highest BCUT2D eigenvalue weighted by Gasteiger charge is 2.26. The van der Waals surface area contributed by atoms with Gasteiger partial charge in [-0.1, -0.05) is 36.4 Å². The lowest BCUT2D eigenvalue weighted by Gasteiger charge is -2.29. The van der Waals surface area contributed by atoms with Crippen LogP contribution in [0.4, 0.5) is 0 Å². The lowest BCUT2D eigenvalue weighted by molar-refractivity contribution is -0.120. The maximum atomic E-state index is 12.4. The molecule has 1 heterocycles. The average molecular weight is 385 g/mol. The molecule has 1 N–H and O–H groups in total. The summed E-state index contributed by atoms with van der Waals surface area (Å²) < 4.78 is 5.56. The van der Waals surface area contributed by atoms with Crippen LogP contribution < -0.4 is 10.1 Å². The van der Waals surface area contributed by atoms with Gasteiger partial charge in [0.2, 0.25) is 5.91 Å². The van der Waals surface area contributed by atoms with E-state index in [1.54, 1.807) is 18.9 Å². The van der Waals surface area contributed by atoms with Crippen molar-refractivity contribution in [2.75, 3.05) is 32.5 Å². The Morgan fingerprint density at radius 3 is 2.56 bits per heavy atom. The summed E-state index contributed by atoms with van der Waals surface area (Å²) in [5.41, 5.74) is 1.15. The van der Waals surface area contributed by atoms with E-state index in [1.165, 1.54) is 17.7 Å². The Balaban J connectivity index is 1.55. The fourth-order valence-electron chi connectivity index (χ4n) is 3.51. The molecule has 0 saturated carbocycles. The Bertz CT molecular complexity index is 717. The minimum absolute atomic E-state index is 0.109. The minimum Gasteiger partial charge on any atom is -0.496 e. The van der Waals surface area contributed by atoms with E-state index in [0.717, 1.165) is 30.2 Å². The molecule has 0 spiro atoms. The van der Waals surface area contributed by atoms with E-state index in [-0.39, 0.29) is 11.9 Å². The molecule has 0 aromatic heterocycles. The third-order valence-electron chi connectivity index (χ3n) is 4.91. The first-order valence-corrected chi connectivity index (χ1v) is 10.6. The van der Waals surface area contributed by atoms with Gasteiger partial charge in [-0.15, -0.1) is 11.8 Å². The molecule has 2 aromatic carbocycles. The second-order valence-electron chi connectivity index (χ2n) is 6.72. The summed E-state index contributed by atoms with van der Waals surface area (Å²) in [5, 5.41) is 3.15. The maximum Gasteiger partial charge on any atom is 0.220 e. The molecule has 144 valence electrons. The van der Waals surface area contributed by atoms with Crippen LogP contribution in [0.1, 0.15) is 30.9 Å². The van der Waals surface area contributed by atoms with Crippen molar-refractivity contribution in [3.8, 4) is 5.75 Å². The number of ether oxygens (including phenoxy) is 1. The monoisotopic (exact) mass is 384 g/mol. The first-order valence-electron chi connectivity index (χ1n) is 9.59. The van der Waals surface area contributed by atoms with Crippen LogP contribution in [-0.4, -0.2) is 43.3 Å². The normalized spacial score (nSPS) is 15.4. The van der Waals surface area contributed by atoms with Gasteiger partial charge in [0.25, 0.3) is 0 Å². The quantitative estimate of drug-likeness (QED) is 0.660. The van der Waals surface area contributed by atoms with Crippen LogP contribution in [0.2, 0.25) is 0 Å². The molecule has 1 atom stereocenters. The summed E-state index contributed by atoms with van der Waals surface area (Å²) in [7, 11) is 1.71. The number of benzene rings is 2. The highest BCUT2D eigenvalue weighted by Crippen LogP contribution is 2.31. The van der Waals surface area contributed by atoms with Gasteiger partial charge in [-0.3, -0.25) is 9.69 Å². The molecule has 1 amide bonds. The molecular formula is C22H28N2O2S. The SMILES string of the molecule is COc1ccccc1C(CNC(=O)CCSc1ccccc1)N1CCCC1. The lowest BCUT2D eigenvalue weighted by atomic mass is 10.0. The van der Waals surface area contributed by atoms with E-state index in [9.17, 15) is 4.79 Å². The van der Waals surface area contributed by atoms with Crippen LogP contribution in [0.25, 0.3) is 0 Å². The van der Waals surface area contributed by atoms with Crippen molar-refractivity contribution in [1.29, 1.82) is 0 Å². The van der Waals surface area contributed by atoms with Gasteiger partial charge < -0.3 is 10.1 Å². The highest BCUT2D eigenvalue weighted by molar-refractivity contribution is 7.99. The number of rotatable bonds is 9. The fourth-order valence-corrected chi connectivity index (χ4v) is 4.38. The number of likely N-dealkylation sites (tertiary alicyclic amines) is 1. The molecule has 27 heavy (non-hydrogen) atoms. The van der Waals surface area contributed by atoms with Crippen LogP contribution in [0.5, 0.6) is 5.75 Å². The molecule has 2 aromatic rings. The van der Waals surface area contributed by atoms with E-state index in [2.05, 4.69) is 28.4 Å². The van der Waals surface area contributed by atoms with Crippen molar-refractivity contribution >= 4 is 17.7 Å². The van der Waals surface area contributed by atoms with Gasteiger partial charge in [-0.05, 0) is 44.1 Å². The summed E-state index contributed by atoms with van der Waals surface area (Å²) in [6.07, 6.45) is 2.96. The number of para-hydroxylation sites is 1. The van der Waals surface area contributed by atoms with Crippen molar-refractivity contribution in [2.24, 2.45) is 0 Å². The predicted molar refractivity (Wildman–Crippen MR) is 111 cm³/mol. The number of carbonyl (C=O) groups is 1. The number of methoxy groups -OCH3 is 1. The molecule has 5 heteroatoms. The zero-order valence-corrected chi connectivity index (χ0v) is 16.7. The zero-order valence-electron chi connectivity index (χ0n) is 15.9. The molecule has 0 bridgehead atoms. The minimum atomic E-state index is 0.109. The maximum absolute atomic E-state index is 12.4. The van der Waals surface area contributed by atoms with E-state index in [0.29, 0.717) is 13.0 Å². The van der Waals surface area contributed by atoms with Crippen LogP contribution in [0.15, 0.2) is 59.5 Å². The molecule has 3 rings (SSSR count). The summed E-state index contributed by atoms with van der Waals surface area (Å²) in [4.78, 5) is 16.0.